The Hall–Kier alpha value is -3.23. The number of aryl methyl sites for hydroxylation is 2. The fraction of sp³-hybridized carbons (Fsp3) is 0.280. The van der Waals surface area contributed by atoms with Crippen molar-refractivity contribution >= 4 is 21.8 Å². The van der Waals surface area contributed by atoms with Gasteiger partial charge in [0.25, 0.3) is 0 Å². The number of rotatable bonds is 8. The van der Waals surface area contributed by atoms with Gasteiger partial charge < -0.3 is 9.30 Å². The van der Waals surface area contributed by atoms with E-state index < -0.39 is 22.6 Å². The first-order valence-electron chi connectivity index (χ1n) is 10.5. The quantitative estimate of drug-likeness (QED) is 0.371. The van der Waals surface area contributed by atoms with E-state index in [1.807, 2.05) is 48.7 Å². The summed E-state index contributed by atoms with van der Waals surface area (Å²) < 4.78 is 33.2. The molecule has 0 fully saturated rings. The van der Waals surface area contributed by atoms with E-state index in [2.05, 4.69) is 0 Å². The van der Waals surface area contributed by atoms with Gasteiger partial charge in [0.1, 0.15) is 0 Å². The first-order chi connectivity index (χ1) is 15.5. The lowest BCUT2D eigenvalue weighted by atomic mass is 10.1. The second-order valence-corrected chi connectivity index (χ2v) is 10.3. The van der Waals surface area contributed by atoms with Gasteiger partial charge in [0, 0.05) is 37.6 Å². The van der Waals surface area contributed by atoms with Crippen LogP contribution in [-0.4, -0.2) is 49.7 Å². The molecular weight excluding hydrogens is 440 g/mol. The highest BCUT2D eigenvalue weighted by atomic mass is 32.2. The van der Waals surface area contributed by atoms with E-state index in [1.54, 1.807) is 19.1 Å². The van der Waals surface area contributed by atoms with Crippen molar-refractivity contribution in [2.24, 2.45) is 0 Å². The van der Waals surface area contributed by atoms with Crippen molar-refractivity contribution in [3.8, 4) is 0 Å². The monoisotopic (exact) mass is 468 g/mol. The fourth-order valence-corrected chi connectivity index (χ4v) is 4.50. The lowest BCUT2D eigenvalue weighted by Gasteiger charge is -2.13. The lowest BCUT2D eigenvalue weighted by Crippen LogP contribution is -2.23. The average Bonchev–Trinajstić information content (AvgIpc) is 3.06. The van der Waals surface area contributed by atoms with Gasteiger partial charge in [-0.1, -0.05) is 36.4 Å². The second kappa shape index (κ2) is 9.72. The summed E-state index contributed by atoms with van der Waals surface area (Å²) in [5, 5.41) is 0. The van der Waals surface area contributed by atoms with Gasteiger partial charge in [0.2, 0.25) is 15.8 Å². The Labute approximate surface area is 194 Å². The lowest BCUT2D eigenvalue weighted by molar-refractivity contribution is 0.0473. The van der Waals surface area contributed by atoms with E-state index >= 15 is 0 Å². The summed E-state index contributed by atoms with van der Waals surface area (Å²) in [7, 11) is -0.868. The minimum absolute atomic E-state index is 0.0131. The van der Waals surface area contributed by atoms with Crippen LogP contribution in [0.2, 0.25) is 0 Å². The van der Waals surface area contributed by atoms with Crippen LogP contribution in [0.4, 0.5) is 0 Å². The number of ketones is 1. The largest absolute Gasteiger partial charge is 0.454 e. The van der Waals surface area contributed by atoms with Crippen LogP contribution in [0.5, 0.6) is 0 Å². The van der Waals surface area contributed by atoms with Gasteiger partial charge in [-0.3, -0.25) is 4.79 Å². The molecule has 0 aliphatic heterocycles. The van der Waals surface area contributed by atoms with Crippen molar-refractivity contribution in [3.05, 3.63) is 88.2 Å². The third kappa shape index (κ3) is 5.23. The third-order valence-electron chi connectivity index (χ3n) is 5.60. The predicted octanol–water partition coefficient (Wildman–Crippen LogP) is 3.75. The van der Waals surface area contributed by atoms with Gasteiger partial charge in [-0.15, -0.1) is 0 Å². The van der Waals surface area contributed by atoms with Crippen LogP contribution >= 0.6 is 0 Å². The summed E-state index contributed by atoms with van der Waals surface area (Å²) in [5.41, 5.74) is 4.02. The van der Waals surface area contributed by atoms with Crippen molar-refractivity contribution in [3.63, 3.8) is 0 Å². The van der Waals surface area contributed by atoms with Crippen molar-refractivity contribution in [1.82, 2.24) is 8.87 Å². The highest BCUT2D eigenvalue weighted by molar-refractivity contribution is 7.89. The molecule has 0 amide bonds. The Morgan fingerprint density at radius 3 is 2.24 bits per heavy atom. The molecule has 1 heterocycles. The third-order valence-corrected chi connectivity index (χ3v) is 7.41. The molecule has 0 atom stereocenters. The molecule has 0 spiro atoms. The van der Waals surface area contributed by atoms with Gasteiger partial charge >= 0.3 is 5.97 Å². The summed E-state index contributed by atoms with van der Waals surface area (Å²) in [6.45, 7) is 5.68. The van der Waals surface area contributed by atoms with Crippen molar-refractivity contribution in [1.29, 1.82) is 0 Å². The number of ether oxygens (including phenoxy) is 1. The standard InChI is InChI=1S/C25H28N2O5S/c1-17-11-12-21(33(30,31)26(4)5)14-22(17)25(29)32-16-24(28)23-13-18(2)27(19(23)3)15-20-9-7-6-8-10-20/h6-14H,15-16H2,1-5H3. The SMILES string of the molecule is Cc1ccc(S(=O)(=O)N(C)C)cc1C(=O)OCC(=O)c1cc(C)n(Cc2ccccc2)c1C. The number of sulfonamides is 1. The minimum atomic E-state index is -3.70. The van der Waals surface area contributed by atoms with Gasteiger partial charge in [0.15, 0.2) is 6.61 Å². The van der Waals surface area contributed by atoms with E-state index in [4.69, 9.17) is 4.74 Å². The molecule has 3 aromatic rings. The zero-order chi connectivity index (χ0) is 24.3. The Bertz CT molecular complexity index is 1290. The molecule has 0 N–H and O–H groups in total. The van der Waals surface area contributed by atoms with Crippen LogP contribution in [0.25, 0.3) is 0 Å². The van der Waals surface area contributed by atoms with E-state index in [0.717, 1.165) is 21.3 Å². The van der Waals surface area contributed by atoms with Gasteiger partial charge in [-0.2, -0.15) is 0 Å². The predicted molar refractivity (Wildman–Crippen MR) is 126 cm³/mol. The number of esters is 1. The number of hydrogen-bond donors (Lipinski definition) is 0. The zero-order valence-corrected chi connectivity index (χ0v) is 20.3. The van der Waals surface area contributed by atoms with Crippen LogP contribution < -0.4 is 0 Å². The molecule has 3 rings (SSSR count). The number of carbonyl (C=O) groups excluding carboxylic acids is 2. The molecule has 2 aromatic carbocycles. The number of Topliss-reactive ketones (excluding diaryl/α,β-unsaturated/α-hetero) is 1. The van der Waals surface area contributed by atoms with Crippen molar-refractivity contribution in [2.45, 2.75) is 32.2 Å². The molecule has 0 saturated carbocycles. The van der Waals surface area contributed by atoms with Crippen molar-refractivity contribution < 1.29 is 22.7 Å². The average molecular weight is 469 g/mol. The minimum Gasteiger partial charge on any atom is -0.454 e. The molecule has 0 bridgehead atoms. The molecule has 7 nitrogen and oxygen atoms in total. The van der Waals surface area contributed by atoms with Crippen LogP contribution in [0, 0.1) is 20.8 Å². The number of aromatic nitrogens is 1. The molecule has 33 heavy (non-hydrogen) atoms. The molecule has 0 aliphatic rings. The van der Waals surface area contributed by atoms with Gasteiger partial charge in [-0.25, -0.2) is 17.5 Å². The Kier molecular flexibility index (Phi) is 7.19. The van der Waals surface area contributed by atoms with E-state index in [-0.39, 0.29) is 16.2 Å². The van der Waals surface area contributed by atoms with Gasteiger partial charge in [0.05, 0.1) is 10.5 Å². The maximum atomic E-state index is 12.8. The molecule has 174 valence electrons. The molecule has 0 unspecified atom stereocenters. The summed E-state index contributed by atoms with van der Waals surface area (Å²) in [5.74, 6) is -1.06. The van der Waals surface area contributed by atoms with E-state index in [0.29, 0.717) is 17.7 Å². The van der Waals surface area contributed by atoms with Crippen LogP contribution in [-0.2, 0) is 21.3 Å². The van der Waals surface area contributed by atoms with E-state index in [1.165, 1.54) is 26.2 Å². The highest BCUT2D eigenvalue weighted by Crippen LogP contribution is 2.20. The molecule has 0 saturated heterocycles. The van der Waals surface area contributed by atoms with Crippen molar-refractivity contribution in [2.75, 3.05) is 20.7 Å². The number of hydrogen-bond acceptors (Lipinski definition) is 5. The first kappa shape index (κ1) is 24.4. The van der Waals surface area contributed by atoms with E-state index in [9.17, 15) is 18.0 Å². The highest BCUT2D eigenvalue weighted by Gasteiger charge is 2.22. The number of carbonyl (C=O) groups is 2. The Balaban J connectivity index is 1.75. The van der Waals surface area contributed by atoms with Gasteiger partial charge in [-0.05, 0) is 50.1 Å². The number of nitrogens with zero attached hydrogens (tertiary/aromatic N) is 2. The maximum absolute atomic E-state index is 12.8. The summed E-state index contributed by atoms with van der Waals surface area (Å²) in [6, 6.07) is 16.0. The normalized spacial score (nSPS) is 11.6. The molecular formula is C25H28N2O5S. The topological polar surface area (TPSA) is 85.7 Å². The second-order valence-electron chi connectivity index (χ2n) is 8.12. The summed E-state index contributed by atoms with van der Waals surface area (Å²) in [6.07, 6.45) is 0. The Morgan fingerprint density at radius 2 is 1.61 bits per heavy atom. The fourth-order valence-electron chi connectivity index (χ4n) is 3.57. The maximum Gasteiger partial charge on any atom is 0.338 e. The number of benzene rings is 2. The summed E-state index contributed by atoms with van der Waals surface area (Å²) in [4.78, 5) is 25.5. The van der Waals surface area contributed by atoms with Crippen LogP contribution in [0.1, 0.15) is 43.2 Å². The Morgan fingerprint density at radius 1 is 0.939 bits per heavy atom. The smallest absolute Gasteiger partial charge is 0.338 e. The molecule has 1 aromatic heterocycles. The van der Waals surface area contributed by atoms with Crippen LogP contribution in [0.15, 0.2) is 59.5 Å². The van der Waals surface area contributed by atoms with Crippen LogP contribution in [0.3, 0.4) is 0 Å². The first-order valence-corrected chi connectivity index (χ1v) is 11.9. The summed E-state index contributed by atoms with van der Waals surface area (Å²) >= 11 is 0. The molecule has 0 aliphatic carbocycles. The molecule has 8 heteroatoms. The zero-order valence-electron chi connectivity index (χ0n) is 19.5. The molecule has 0 radical (unpaired) electrons.